The van der Waals surface area contributed by atoms with Gasteiger partial charge in [0.1, 0.15) is 0 Å². The number of halogens is 3. The number of nitriles is 1. The maximum absolute atomic E-state index is 9.16. The third kappa shape index (κ3) is 4.92. The van der Waals surface area contributed by atoms with Gasteiger partial charge < -0.3 is 4.90 Å². The largest absolute Gasteiger partial charge is 0.361 e. The topological polar surface area (TPSA) is 48.1 Å². The van der Waals surface area contributed by atoms with Crippen LogP contribution in [0.3, 0.4) is 0 Å². The van der Waals surface area contributed by atoms with Gasteiger partial charge in [-0.3, -0.25) is 9.58 Å². The summed E-state index contributed by atoms with van der Waals surface area (Å²) in [5, 5.41) is 14.9. The summed E-state index contributed by atoms with van der Waals surface area (Å²) in [6.45, 7) is 4.43. The van der Waals surface area contributed by atoms with Gasteiger partial charge >= 0.3 is 0 Å². The van der Waals surface area contributed by atoms with E-state index in [0.717, 1.165) is 47.0 Å². The number of benzene rings is 2. The number of hydrogen-bond donors (Lipinski definition) is 0. The molecule has 0 N–H and O–H groups in total. The van der Waals surface area contributed by atoms with Crippen LogP contribution in [-0.2, 0) is 6.54 Å². The normalized spacial score (nSPS) is 17.1. The van der Waals surface area contributed by atoms with E-state index >= 15 is 0 Å². The zero-order valence-electron chi connectivity index (χ0n) is 16.2. The van der Waals surface area contributed by atoms with E-state index in [1.165, 1.54) is 5.56 Å². The van der Waals surface area contributed by atoms with Crippen LogP contribution in [0.5, 0.6) is 0 Å². The molecule has 0 saturated carbocycles. The quantitative estimate of drug-likeness (QED) is 0.407. The Labute approximate surface area is 199 Å². The predicted molar refractivity (Wildman–Crippen MR) is 129 cm³/mol. The van der Waals surface area contributed by atoms with Gasteiger partial charge in [0.15, 0.2) is 0 Å². The van der Waals surface area contributed by atoms with Crippen LogP contribution in [-0.4, -0.2) is 40.9 Å². The third-order valence-electron chi connectivity index (χ3n) is 5.35. The molecule has 0 bridgehead atoms. The van der Waals surface area contributed by atoms with E-state index in [2.05, 4.69) is 61.9 Å². The van der Waals surface area contributed by atoms with Crippen molar-refractivity contribution in [3.63, 3.8) is 0 Å². The highest BCUT2D eigenvalue weighted by Crippen LogP contribution is 2.36. The summed E-state index contributed by atoms with van der Waals surface area (Å²) in [6, 6.07) is 15.8. The first-order valence-electron chi connectivity index (χ1n) is 9.65. The summed E-state index contributed by atoms with van der Waals surface area (Å²) in [5.74, 6) is 0. The first-order valence-corrected chi connectivity index (χ1v) is 11.5. The lowest BCUT2D eigenvalue weighted by Gasteiger charge is -2.43. The van der Waals surface area contributed by atoms with Gasteiger partial charge in [-0.2, -0.15) is 10.4 Å². The Morgan fingerprint density at radius 1 is 1.10 bits per heavy atom. The molecule has 0 spiro atoms. The second-order valence-electron chi connectivity index (χ2n) is 7.26. The van der Waals surface area contributed by atoms with E-state index in [1.807, 2.05) is 35.1 Å². The molecule has 30 heavy (non-hydrogen) atoms. The average Bonchev–Trinajstić information content (AvgIpc) is 3.18. The Kier molecular flexibility index (Phi) is 6.84. The van der Waals surface area contributed by atoms with Crippen molar-refractivity contribution in [1.29, 1.82) is 5.26 Å². The van der Waals surface area contributed by atoms with Crippen LogP contribution in [0.4, 0.5) is 5.69 Å². The predicted octanol–water partition coefficient (Wildman–Crippen LogP) is 5.23. The van der Waals surface area contributed by atoms with Gasteiger partial charge in [-0.1, -0.05) is 35.3 Å². The average molecular weight is 552 g/mol. The van der Waals surface area contributed by atoms with E-state index in [4.69, 9.17) is 28.5 Å². The van der Waals surface area contributed by atoms with Crippen molar-refractivity contribution >= 4 is 51.5 Å². The molecule has 1 atom stereocenters. The van der Waals surface area contributed by atoms with Crippen molar-refractivity contribution in [2.45, 2.75) is 12.6 Å². The lowest BCUT2D eigenvalue weighted by molar-refractivity contribution is 0.213. The minimum Gasteiger partial charge on any atom is -0.361 e. The summed E-state index contributed by atoms with van der Waals surface area (Å²) in [6.07, 6.45) is 3.94. The molecule has 0 radical (unpaired) electrons. The molecule has 1 aromatic heterocycles. The summed E-state index contributed by atoms with van der Waals surface area (Å²) in [5.41, 5.74) is 2.72. The highest BCUT2D eigenvalue weighted by atomic mass is 127. The van der Waals surface area contributed by atoms with E-state index in [9.17, 15) is 0 Å². The van der Waals surface area contributed by atoms with Gasteiger partial charge in [-0.25, -0.2) is 0 Å². The zero-order valence-corrected chi connectivity index (χ0v) is 19.8. The first-order chi connectivity index (χ1) is 14.5. The molecule has 2 aromatic carbocycles. The number of hydrogen-bond acceptors (Lipinski definition) is 4. The SMILES string of the molecule is N#Cc1ccc(N2CCN(CCn3cc(I)cn3)CC2c2ccc(Cl)cc2)c(Cl)c1. The Hall–Kier alpha value is -1.79. The molecule has 0 aliphatic carbocycles. The van der Waals surface area contributed by atoms with Gasteiger partial charge in [0.05, 0.1) is 44.7 Å². The van der Waals surface area contributed by atoms with Crippen molar-refractivity contribution in [2.75, 3.05) is 31.1 Å². The first kappa shape index (κ1) is 21.4. The minimum atomic E-state index is 0.138. The number of anilines is 1. The van der Waals surface area contributed by atoms with Crippen LogP contribution in [0, 0.1) is 14.9 Å². The number of aromatic nitrogens is 2. The molecular formula is C22H20Cl2IN5. The molecule has 4 rings (SSSR count). The smallest absolute Gasteiger partial charge is 0.0992 e. The van der Waals surface area contributed by atoms with E-state index in [1.54, 1.807) is 6.07 Å². The van der Waals surface area contributed by atoms with Crippen LogP contribution < -0.4 is 4.90 Å². The zero-order chi connectivity index (χ0) is 21.1. The fourth-order valence-corrected chi connectivity index (χ4v) is 4.68. The van der Waals surface area contributed by atoms with Crippen molar-refractivity contribution in [2.24, 2.45) is 0 Å². The van der Waals surface area contributed by atoms with Gasteiger partial charge in [0.25, 0.3) is 0 Å². The molecule has 154 valence electrons. The van der Waals surface area contributed by atoms with Crippen LogP contribution in [0.1, 0.15) is 17.2 Å². The Bertz CT molecular complexity index is 1060. The molecule has 1 fully saturated rings. The number of nitrogens with zero attached hydrogens (tertiary/aromatic N) is 5. The standard InChI is InChI=1S/C22H20Cl2IN5/c23-18-4-2-17(3-5-18)22-15-28(7-9-29-14-19(25)13-27-29)8-10-30(22)21-6-1-16(12-26)11-20(21)24/h1-6,11,13-14,22H,7-10,15H2. The minimum absolute atomic E-state index is 0.138. The Morgan fingerprint density at radius 3 is 2.57 bits per heavy atom. The molecule has 1 unspecified atom stereocenters. The van der Waals surface area contributed by atoms with Gasteiger partial charge in [-0.05, 0) is 58.5 Å². The summed E-state index contributed by atoms with van der Waals surface area (Å²) in [7, 11) is 0. The molecule has 1 saturated heterocycles. The molecule has 2 heterocycles. The Balaban J connectivity index is 1.57. The molecule has 0 amide bonds. The lowest BCUT2D eigenvalue weighted by atomic mass is 10.0. The summed E-state index contributed by atoms with van der Waals surface area (Å²) >= 11 is 15.0. The molecule has 1 aliphatic rings. The summed E-state index contributed by atoms with van der Waals surface area (Å²) < 4.78 is 3.13. The highest BCUT2D eigenvalue weighted by molar-refractivity contribution is 14.1. The summed E-state index contributed by atoms with van der Waals surface area (Å²) in [4.78, 5) is 4.79. The molecular weight excluding hydrogens is 532 g/mol. The second kappa shape index (κ2) is 9.56. The van der Waals surface area contributed by atoms with Crippen molar-refractivity contribution in [3.05, 3.63) is 79.6 Å². The van der Waals surface area contributed by atoms with E-state index in [0.29, 0.717) is 10.6 Å². The molecule has 3 aromatic rings. The van der Waals surface area contributed by atoms with Crippen LogP contribution in [0.2, 0.25) is 10.0 Å². The van der Waals surface area contributed by atoms with Gasteiger partial charge in [0.2, 0.25) is 0 Å². The maximum Gasteiger partial charge on any atom is 0.0992 e. The Morgan fingerprint density at radius 2 is 1.90 bits per heavy atom. The molecule has 8 heteroatoms. The maximum atomic E-state index is 9.16. The van der Waals surface area contributed by atoms with Gasteiger partial charge in [-0.15, -0.1) is 0 Å². The number of piperazine rings is 1. The van der Waals surface area contributed by atoms with Gasteiger partial charge in [0, 0.05) is 37.4 Å². The van der Waals surface area contributed by atoms with E-state index in [-0.39, 0.29) is 6.04 Å². The van der Waals surface area contributed by atoms with Crippen molar-refractivity contribution < 1.29 is 0 Å². The third-order valence-corrected chi connectivity index (χ3v) is 6.46. The van der Waals surface area contributed by atoms with Crippen LogP contribution in [0.15, 0.2) is 54.9 Å². The van der Waals surface area contributed by atoms with E-state index < -0.39 is 0 Å². The molecule has 5 nitrogen and oxygen atoms in total. The van der Waals surface area contributed by atoms with Crippen molar-refractivity contribution in [3.8, 4) is 6.07 Å². The van der Waals surface area contributed by atoms with Crippen LogP contribution in [0.25, 0.3) is 0 Å². The lowest BCUT2D eigenvalue weighted by Crippen LogP contribution is -2.49. The van der Waals surface area contributed by atoms with Crippen LogP contribution >= 0.6 is 45.8 Å². The monoisotopic (exact) mass is 551 g/mol. The number of rotatable bonds is 5. The second-order valence-corrected chi connectivity index (χ2v) is 9.35. The molecule has 1 aliphatic heterocycles. The highest BCUT2D eigenvalue weighted by Gasteiger charge is 2.29. The fourth-order valence-electron chi connectivity index (χ4n) is 3.82. The fraction of sp³-hybridized carbons (Fsp3) is 0.273. The van der Waals surface area contributed by atoms with Crippen molar-refractivity contribution in [1.82, 2.24) is 14.7 Å².